The van der Waals surface area contributed by atoms with Gasteiger partial charge in [-0.15, -0.1) is 0 Å². The Morgan fingerprint density at radius 3 is 2.53 bits per heavy atom. The molecule has 3 heterocycles. The van der Waals surface area contributed by atoms with Crippen LogP contribution in [0.1, 0.15) is 57.8 Å². The van der Waals surface area contributed by atoms with Crippen LogP contribution >= 0.6 is 0 Å². The predicted octanol–water partition coefficient (Wildman–Crippen LogP) is 2.28. The highest BCUT2D eigenvalue weighted by Crippen LogP contribution is 2.32. The van der Waals surface area contributed by atoms with Crippen molar-refractivity contribution in [3.63, 3.8) is 0 Å². The van der Waals surface area contributed by atoms with Crippen molar-refractivity contribution in [3.8, 4) is 0 Å². The Morgan fingerprint density at radius 1 is 1.22 bits per heavy atom. The summed E-state index contributed by atoms with van der Waals surface area (Å²) in [6.07, 6.45) is 2.72. The van der Waals surface area contributed by atoms with E-state index in [4.69, 9.17) is 10.5 Å². The third kappa shape index (κ3) is 5.49. The van der Waals surface area contributed by atoms with Gasteiger partial charge in [0, 0.05) is 25.8 Å². The summed E-state index contributed by atoms with van der Waals surface area (Å²) in [5.41, 5.74) is 5.47. The summed E-state index contributed by atoms with van der Waals surface area (Å²) in [4.78, 5) is 46.5. The molecule has 3 atom stereocenters. The lowest BCUT2D eigenvalue weighted by Gasteiger charge is -2.39. The minimum Gasteiger partial charge on any atom is -0.444 e. The molecule has 9 nitrogen and oxygen atoms in total. The molecule has 1 aromatic heterocycles. The number of amides is 3. The molecule has 1 aromatic rings. The lowest BCUT2D eigenvalue weighted by Crippen LogP contribution is -2.57. The van der Waals surface area contributed by atoms with Crippen molar-refractivity contribution in [3.05, 3.63) is 23.9 Å². The third-order valence-corrected chi connectivity index (χ3v) is 5.99. The number of hydrogen-bond donors (Lipinski definition) is 2. The van der Waals surface area contributed by atoms with Gasteiger partial charge in [0.1, 0.15) is 17.5 Å². The lowest BCUT2D eigenvalue weighted by molar-refractivity contribution is -0.139. The number of likely N-dealkylation sites (tertiary alicyclic amines) is 2. The quantitative estimate of drug-likeness (QED) is 0.734. The number of carbonyl (C=O) groups is 3. The number of aromatic nitrogens is 1. The van der Waals surface area contributed by atoms with Gasteiger partial charge in [0.05, 0.1) is 11.6 Å². The van der Waals surface area contributed by atoms with Gasteiger partial charge in [-0.2, -0.15) is 0 Å². The normalized spacial score (nSPS) is 21.8. The molecule has 9 heteroatoms. The molecule has 2 fully saturated rings. The van der Waals surface area contributed by atoms with Crippen LogP contribution in [0, 0.1) is 11.8 Å². The molecule has 0 aliphatic carbocycles. The van der Waals surface area contributed by atoms with Gasteiger partial charge < -0.3 is 25.6 Å². The summed E-state index contributed by atoms with van der Waals surface area (Å²) < 4.78 is 5.36. The highest BCUT2D eigenvalue weighted by Gasteiger charge is 2.44. The summed E-state index contributed by atoms with van der Waals surface area (Å²) in [6, 6.07) is 2.54. The van der Waals surface area contributed by atoms with Gasteiger partial charge >= 0.3 is 6.09 Å². The molecule has 0 spiro atoms. The van der Waals surface area contributed by atoms with Crippen molar-refractivity contribution in [1.29, 1.82) is 0 Å². The SMILES string of the molecule is CC(C)[C@@H](NC(=O)OC(C)(C)C)C(=O)N1CCCC2CN(C(=O)c3ccc(N)nc3)CC21. The summed E-state index contributed by atoms with van der Waals surface area (Å²) >= 11 is 0. The first-order chi connectivity index (χ1) is 15.0. The maximum Gasteiger partial charge on any atom is 0.408 e. The first kappa shape index (κ1) is 23.8. The van der Waals surface area contributed by atoms with E-state index in [2.05, 4.69) is 10.3 Å². The Bertz CT molecular complexity index is 849. The summed E-state index contributed by atoms with van der Waals surface area (Å²) in [7, 11) is 0. The van der Waals surface area contributed by atoms with E-state index in [9.17, 15) is 14.4 Å². The van der Waals surface area contributed by atoms with Gasteiger partial charge in [-0.1, -0.05) is 13.8 Å². The number of nitrogen functional groups attached to an aromatic ring is 1. The van der Waals surface area contributed by atoms with Crippen LogP contribution in [-0.2, 0) is 9.53 Å². The number of ether oxygens (including phenoxy) is 1. The van der Waals surface area contributed by atoms with Crippen LogP contribution in [0.5, 0.6) is 0 Å². The summed E-state index contributed by atoms with van der Waals surface area (Å²) in [6.45, 7) is 10.9. The number of nitrogens with one attached hydrogen (secondary N) is 1. The number of carbonyl (C=O) groups excluding carboxylic acids is 3. The molecule has 0 radical (unpaired) electrons. The van der Waals surface area contributed by atoms with E-state index in [1.165, 1.54) is 6.20 Å². The molecule has 0 bridgehead atoms. The standard InChI is InChI=1S/C23H35N5O4/c1-14(2)19(26-22(31)32-23(3,4)5)21(30)28-10-6-7-16-12-27(13-17(16)28)20(29)15-8-9-18(24)25-11-15/h8-9,11,14,16-17,19H,6-7,10,12-13H2,1-5H3,(H2,24,25)(H,26,31)/t16?,17?,19-/m1/s1. The maximum atomic E-state index is 13.5. The van der Waals surface area contributed by atoms with Crippen molar-refractivity contribution in [2.75, 3.05) is 25.4 Å². The molecule has 2 aliphatic heterocycles. The molecular weight excluding hydrogens is 410 g/mol. The molecule has 32 heavy (non-hydrogen) atoms. The Balaban J connectivity index is 1.71. The number of fused-ring (bicyclic) bond motifs is 1. The summed E-state index contributed by atoms with van der Waals surface area (Å²) in [5.74, 6) is 0.254. The third-order valence-electron chi connectivity index (χ3n) is 5.99. The van der Waals surface area contributed by atoms with Crippen molar-refractivity contribution in [1.82, 2.24) is 20.1 Å². The Hall–Kier alpha value is -2.84. The van der Waals surface area contributed by atoms with E-state index < -0.39 is 17.7 Å². The molecule has 3 rings (SSSR count). The predicted molar refractivity (Wildman–Crippen MR) is 121 cm³/mol. The molecule has 0 saturated carbocycles. The van der Waals surface area contributed by atoms with Crippen LogP contribution in [0.2, 0.25) is 0 Å². The van der Waals surface area contributed by atoms with Gasteiger partial charge in [-0.3, -0.25) is 9.59 Å². The van der Waals surface area contributed by atoms with Crippen LogP contribution in [0.25, 0.3) is 0 Å². The first-order valence-electron chi connectivity index (χ1n) is 11.3. The van der Waals surface area contributed by atoms with E-state index in [0.717, 1.165) is 12.8 Å². The number of hydrogen-bond acceptors (Lipinski definition) is 6. The smallest absolute Gasteiger partial charge is 0.408 e. The molecular formula is C23H35N5O4. The topological polar surface area (TPSA) is 118 Å². The monoisotopic (exact) mass is 445 g/mol. The largest absolute Gasteiger partial charge is 0.444 e. The first-order valence-corrected chi connectivity index (χ1v) is 11.3. The number of nitrogens with two attached hydrogens (primary N) is 1. The molecule has 3 N–H and O–H groups in total. The number of piperidine rings is 1. The van der Waals surface area contributed by atoms with Gasteiger partial charge in [0.2, 0.25) is 5.91 Å². The second-order valence-electron chi connectivity index (χ2n) is 10.1. The van der Waals surface area contributed by atoms with Crippen LogP contribution in [0.3, 0.4) is 0 Å². The molecule has 0 aromatic carbocycles. The van der Waals surface area contributed by atoms with Crippen LogP contribution in [0.15, 0.2) is 18.3 Å². The van der Waals surface area contributed by atoms with E-state index >= 15 is 0 Å². The molecule has 2 unspecified atom stereocenters. The van der Waals surface area contributed by atoms with Crippen molar-refractivity contribution in [2.45, 2.75) is 65.1 Å². The second kappa shape index (κ2) is 9.34. The number of alkyl carbamates (subject to hydrolysis) is 1. The van der Waals surface area contributed by atoms with Crippen LogP contribution in [0.4, 0.5) is 10.6 Å². The number of anilines is 1. The minimum atomic E-state index is -0.686. The average Bonchev–Trinajstić information content (AvgIpc) is 3.14. The highest BCUT2D eigenvalue weighted by molar-refractivity contribution is 5.94. The van der Waals surface area contributed by atoms with Crippen LogP contribution in [-0.4, -0.2) is 70.0 Å². The number of pyridine rings is 1. The van der Waals surface area contributed by atoms with Gasteiger partial charge in [0.15, 0.2) is 0 Å². The highest BCUT2D eigenvalue weighted by atomic mass is 16.6. The van der Waals surface area contributed by atoms with Crippen LogP contribution < -0.4 is 11.1 Å². The maximum absolute atomic E-state index is 13.5. The second-order valence-corrected chi connectivity index (χ2v) is 10.1. The van der Waals surface area contributed by atoms with Crippen molar-refractivity contribution < 1.29 is 19.1 Å². The van der Waals surface area contributed by atoms with Gasteiger partial charge in [-0.05, 0) is 57.6 Å². The Labute approximate surface area is 189 Å². The van der Waals surface area contributed by atoms with Crippen molar-refractivity contribution in [2.24, 2.45) is 11.8 Å². The van der Waals surface area contributed by atoms with Gasteiger partial charge in [0.25, 0.3) is 5.91 Å². The van der Waals surface area contributed by atoms with Crippen molar-refractivity contribution >= 4 is 23.7 Å². The van der Waals surface area contributed by atoms with E-state index in [-0.39, 0.29) is 29.7 Å². The Morgan fingerprint density at radius 2 is 1.94 bits per heavy atom. The Kier molecular flexibility index (Phi) is 6.95. The van der Waals surface area contributed by atoms with E-state index in [1.54, 1.807) is 37.8 Å². The van der Waals surface area contributed by atoms with Gasteiger partial charge in [-0.25, -0.2) is 9.78 Å². The molecule has 2 aliphatic rings. The zero-order chi connectivity index (χ0) is 23.6. The average molecular weight is 446 g/mol. The summed E-state index contributed by atoms with van der Waals surface area (Å²) in [5, 5.41) is 2.76. The molecule has 3 amide bonds. The lowest BCUT2D eigenvalue weighted by atomic mass is 9.90. The fourth-order valence-corrected chi connectivity index (χ4v) is 4.46. The fourth-order valence-electron chi connectivity index (χ4n) is 4.46. The molecule has 176 valence electrons. The number of nitrogens with zero attached hydrogens (tertiary/aromatic N) is 3. The number of rotatable bonds is 4. The zero-order valence-corrected chi connectivity index (χ0v) is 19.6. The fraction of sp³-hybridized carbons (Fsp3) is 0.652. The zero-order valence-electron chi connectivity index (χ0n) is 19.6. The molecule has 2 saturated heterocycles. The van der Waals surface area contributed by atoms with E-state index in [1.807, 2.05) is 18.7 Å². The minimum absolute atomic E-state index is 0.0661. The van der Waals surface area contributed by atoms with E-state index in [0.29, 0.717) is 31.0 Å².